The van der Waals surface area contributed by atoms with Crippen molar-refractivity contribution >= 4 is 5.91 Å². The van der Waals surface area contributed by atoms with Crippen molar-refractivity contribution < 1.29 is 9.90 Å². The van der Waals surface area contributed by atoms with E-state index >= 15 is 0 Å². The third kappa shape index (κ3) is 1.56. The summed E-state index contributed by atoms with van der Waals surface area (Å²) in [7, 11) is 0. The predicted octanol–water partition coefficient (Wildman–Crippen LogP) is 1.51. The molecule has 0 atom stereocenters. The molecule has 1 saturated heterocycles. The Morgan fingerprint density at radius 3 is 2.06 bits per heavy atom. The minimum absolute atomic E-state index is 0.242. The molecule has 1 heterocycles. The maximum absolute atomic E-state index is 12.6. The highest BCUT2D eigenvalue weighted by atomic mass is 16.3. The summed E-state index contributed by atoms with van der Waals surface area (Å²) in [5, 5.41) is 9.06. The Kier molecular flexibility index (Phi) is 2.48. The van der Waals surface area contributed by atoms with Crippen LogP contribution in [0.2, 0.25) is 0 Å². The first-order valence-corrected chi connectivity index (χ1v) is 7.64. The first-order chi connectivity index (χ1) is 8.74. The van der Waals surface area contributed by atoms with Crippen LogP contribution in [0, 0.1) is 35.5 Å². The van der Waals surface area contributed by atoms with Gasteiger partial charge in [0.1, 0.15) is 0 Å². The van der Waals surface area contributed by atoms with Gasteiger partial charge in [0.2, 0.25) is 5.91 Å². The lowest BCUT2D eigenvalue weighted by atomic mass is 9.51. The molecule has 0 aromatic heterocycles. The van der Waals surface area contributed by atoms with E-state index in [9.17, 15) is 4.79 Å². The van der Waals surface area contributed by atoms with E-state index in [4.69, 9.17) is 5.11 Å². The molecule has 1 amide bonds. The van der Waals surface area contributed by atoms with Gasteiger partial charge in [-0.05, 0) is 55.8 Å². The Bertz CT molecular complexity index is 334. The molecule has 5 rings (SSSR count). The van der Waals surface area contributed by atoms with Crippen LogP contribution in [-0.4, -0.2) is 35.6 Å². The van der Waals surface area contributed by atoms with E-state index in [-0.39, 0.29) is 6.61 Å². The molecule has 3 nitrogen and oxygen atoms in total. The van der Waals surface area contributed by atoms with Gasteiger partial charge in [0.25, 0.3) is 0 Å². The van der Waals surface area contributed by atoms with Crippen molar-refractivity contribution in [3.05, 3.63) is 0 Å². The molecule has 0 spiro atoms. The normalized spacial score (nSPS) is 46.3. The summed E-state index contributed by atoms with van der Waals surface area (Å²) in [5.74, 6) is 4.40. The molecular weight excluding hydrogens is 226 g/mol. The van der Waals surface area contributed by atoms with Gasteiger partial charge in [-0.15, -0.1) is 0 Å². The van der Waals surface area contributed by atoms with Crippen molar-refractivity contribution in [3.63, 3.8) is 0 Å². The second kappa shape index (κ2) is 3.96. The van der Waals surface area contributed by atoms with Crippen molar-refractivity contribution in [2.24, 2.45) is 35.5 Å². The second-order valence-electron chi connectivity index (χ2n) is 7.25. The van der Waals surface area contributed by atoms with Crippen molar-refractivity contribution in [3.8, 4) is 0 Å². The van der Waals surface area contributed by atoms with Crippen LogP contribution in [0.3, 0.4) is 0 Å². The topological polar surface area (TPSA) is 40.5 Å². The highest BCUT2D eigenvalue weighted by molar-refractivity contribution is 5.80. The van der Waals surface area contributed by atoms with E-state index in [0.717, 1.165) is 24.9 Å². The zero-order chi connectivity index (χ0) is 12.3. The molecule has 18 heavy (non-hydrogen) atoms. The Morgan fingerprint density at radius 2 is 1.56 bits per heavy atom. The van der Waals surface area contributed by atoms with Crippen LogP contribution in [0.4, 0.5) is 0 Å². The van der Waals surface area contributed by atoms with Crippen LogP contribution in [0.5, 0.6) is 0 Å². The third-order valence-electron chi connectivity index (χ3n) is 6.04. The fourth-order valence-corrected chi connectivity index (χ4v) is 5.40. The molecule has 1 N–H and O–H groups in total. The average molecular weight is 249 g/mol. The molecule has 4 aliphatic carbocycles. The lowest BCUT2D eigenvalue weighted by Crippen LogP contribution is -2.58. The predicted molar refractivity (Wildman–Crippen MR) is 67.7 cm³/mol. The van der Waals surface area contributed by atoms with Gasteiger partial charge in [-0.3, -0.25) is 4.79 Å². The summed E-state index contributed by atoms with van der Waals surface area (Å²) in [5.41, 5.74) is 0. The standard InChI is InChI=1S/C15H23NO2/c17-8-11-6-16(7-11)15(18)14-12-2-9-1-10(4-12)5-13(14)3-9/h9-14,17H,1-8H2. The quantitative estimate of drug-likeness (QED) is 0.806. The van der Waals surface area contributed by atoms with Gasteiger partial charge in [-0.25, -0.2) is 0 Å². The second-order valence-corrected chi connectivity index (χ2v) is 7.25. The first-order valence-electron chi connectivity index (χ1n) is 7.64. The van der Waals surface area contributed by atoms with Crippen LogP contribution in [-0.2, 0) is 4.79 Å². The maximum Gasteiger partial charge on any atom is 0.226 e. The van der Waals surface area contributed by atoms with Crippen LogP contribution < -0.4 is 0 Å². The van der Waals surface area contributed by atoms with E-state index in [2.05, 4.69) is 0 Å². The third-order valence-corrected chi connectivity index (χ3v) is 6.04. The average Bonchev–Trinajstić information content (AvgIpc) is 2.25. The number of aliphatic hydroxyl groups is 1. The van der Waals surface area contributed by atoms with E-state index in [1.807, 2.05) is 4.90 Å². The Balaban J connectivity index is 1.47. The Labute approximate surface area is 109 Å². The molecule has 5 fully saturated rings. The van der Waals surface area contributed by atoms with E-state index in [1.165, 1.54) is 32.1 Å². The SMILES string of the molecule is O=C(C1C2CC3CC(C2)CC1C3)N1CC(CO)C1. The van der Waals surface area contributed by atoms with Gasteiger partial charge >= 0.3 is 0 Å². The molecule has 0 aromatic carbocycles. The number of aliphatic hydroxyl groups excluding tert-OH is 1. The van der Waals surface area contributed by atoms with E-state index in [1.54, 1.807) is 0 Å². The number of amides is 1. The number of carbonyl (C=O) groups is 1. The molecular formula is C15H23NO2. The summed E-state index contributed by atoms with van der Waals surface area (Å²) in [4.78, 5) is 14.6. The van der Waals surface area contributed by atoms with Gasteiger partial charge in [-0.2, -0.15) is 0 Å². The number of likely N-dealkylation sites (tertiary alicyclic amines) is 1. The lowest BCUT2D eigenvalue weighted by Gasteiger charge is -2.55. The van der Waals surface area contributed by atoms with Crippen LogP contribution in [0.25, 0.3) is 0 Å². The molecule has 4 saturated carbocycles. The zero-order valence-electron chi connectivity index (χ0n) is 10.9. The first kappa shape index (κ1) is 11.3. The fraction of sp³-hybridized carbons (Fsp3) is 0.933. The Hall–Kier alpha value is -0.570. The van der Waals surface area contributed by atoms with Crippen LogP contribution >= 0.6 is 0 Å². The zero-order valence-corrected chi connectivity index (χ0v) is 10.9. The number of rotatable bonds is 2. The van der Waals surface area contributed by atoms with E-state index in [0.29, 0.717) is 29.6 Å². The summed E-state index contributed by atoms with van der Waals surface area (Å²) in [6, 6.07) is 0. The smallest absolute Gasteiger partial charge is 0.226 e. The van der Waals surface area contributed by atoms with Gasteiger partial charge in [0.05, 0.1) is 0 Å². The van der Waals surface area contributed by atoms with E-state index < -0.39 is 0 Å². The van der Waals surface area contributed by atoms with Crippen molar-refractivity contribution in [1.29, 1.82) is 0 Å². The number of hydrogen-bond acceptors (Lipinski definition) is 2. The molecule has 0 unspecified atom stereocenters. The molecule has 100 valence electrons. The molecule has 0 aromatic rings. The maximum atomic E-state index is 12.6. The summed E-state index contributed by atoms with van der Waals surface area (Å²) in [6.45, 7) is 1.85. The highest BCUT2D eigenvalue weighted by Gasteiger charge is 2.52. The fourth-order valence-electron chi connectivity index (χ4n) is 5.40. The molecule has 5 aliphatic rings. The van der Waals surface area contributed by atoms with Crippen molar-refractivity contribution in [2.75, 3.05) is 19.7 Å². The Morgan fingerprint density at radius 1 is 1.00 bits per heavy atom. The molecule has 4 bridgehead atoms. The number of hydrogen-bond donors (Lipinski definition) is 1. The van der Waals surface area contributed by atoms with Gasteiger partial charge < -0.3 is 10.0 Å². The van der Waals surface area contributed by atoms with Gasteiger partial charge in [-0.1, -0.05) is 0 Å². The van der Waals surface area contributed by atoms with Gasteiger partial charge in [0.15, 0.2) is 0 Å². The summed E-state index contributed by atoms with van der Waals surface area (Å²) >= 11 is 0. The highest BCUT2D eigenvalue weighted by Crippen LogP contribution is 2.57. The van der Waals surface area contributed by atoms with Crippen molar-refractivity contribution in [2.45, 2.75) is 32.1 Å². The van der Waals surface area contributed by atoms with Crippen LogP contribution in [0.1, 0.15) is 32.1 Å². The molecule has 0 radical (unpaired) electrons. The molecule has 1 aliphatic heterocycles. The lowest BCUT2D eigenvalue weighted by molar-refractivity contribution is -0.156. The number of nitrogens with zero attached hydrogens (tertiary/aromatic N) is 1. The summed E-state index contributed by atoms with van der Waals surface area (Å²) in [6.07, 6.45) is 6.73. The molecule has 3 heteroatoms. The number of carbonyl (C=O) groups excluding carboxylic acids is 1. The van der Waals surface area contributed by atoms with Crippen molar-refractivity contribution in [1.82, 2.24) is 4.90 Å². The minimum Gasteiger partial charge on any atom is -0.396 e. The largest absolute Gasteiger partial charge is 0.396 e. The summed E-state index contributed by atoms with van der Waals surface area (Å²) < 4.78 is 0. The monoisotopic (exact) mass is 249 g/mol. The minimum atomic E-state index is 0.242. The van der Waals surface area contributed by atoms with Gasteiger partial charge in [0, 0.05) is 31.5 Å². The van der Waals surface area contributed by atoms with Crippen LogP contribution in [0.15, 0.2) is 0 Å².